The van der Waals surface area contributed by atoms with Gasteiger partial charge in [0.2, 0.25) is 0 Å². The fraction of sp³-hybridized carbons (Fsp3) is 0.350. The van der Waals surface area contributed by atoms with Crippen LogP contribution in [0.5, 0.6) is 5.75 Å². The lowest BCUT2D eigenvalue weighted by Crippen LogP contribution is -2.47. The molecule has 0 fully saturated rings. The molecule has 0 unspecified atom stereocenters. The van der Waals surface area contributed by atoms with E-state index in [4.69, 9.17) is 4.74 Å². The molecule has 2 aromatic carbocycles. The van der Waals surface area contributed by atoms with Crippen LogP contribution in [-0.4, -0.2) is 20.4 Å². The van der Waals surface area contributed by atoms with Crippen molar-refractivity contribution in [2.24, 2.45) is 0 Å². The summed E-state index contributed by atoms with van der Waals surface area (Å²) < 4.78 is 30.6. The zero-order valence-corrected chi connectivity index (χ0v) is 16.5. The summed E-state index contributed by atoms with van der Waals surface area (Å²) >= 11 is 0. The number of hydrogen-bond donors (Lipinski definition) is 2. The molecule has 0 saturated carbocycles. The maximum Gasteiger partial charge on any atom is 0.275 e. The fourth-order valence-corrected chi connectivity index (χ4v) is 3.99. The van der Waals surface area contributed by atoms with Crippen molar-refractivity contribution in [1.82, 2.24) is 10.3 Å². The summed E-state index contributed by atoms with van der Waals surface area (Å²) in [7, 11) is -3.84. The van der Waals surface area contributed by atoms with E-state index < -0.39 is 22.0 Å². The minimum Gasteiger partial charge on any atom is -0.481 e. The topological polar surface area (TPSA) is 84.5 Å². The van der Waals surface area contributed by atoms with Gasteiger partial charge in [-0.15, -0.1) is 4.83 Å². The average molecular weight is 388 g/mol. The van der Waals surface area contributed by atoms with Crippen molar-refractivity contribution < 1.29 is 17.9 Å². The second-order valence-electron chi connectivity index (χ2n) is 6.84. The zero-order valence-electron chi connectivity index (χ0n) is 15.7. The molecule has 2 aromatic rings. The van der Waals surface area contributed by atoms with Crippen LogP contribution < -0.4 is 15.0 Å². The molecule has 0 bridgehead atoms. The number of fused-ring (bicyclic) bond motifs is 1. The van der Waals surface area contributed by atoms with E-state index in [-0.39, 0.29) is 4.90 Å². The van der Waals surface area contributed by atoms with E-state index in [0.717, 1.165) is 36.0 Å². The third-order valence-corrected chi connectivity index (χ3v) is 6.16. The Labute approximate surface area is 160 Å². The molecule has 0 radical (unpaired) electrons. The Bertz CT molecular complexity index is 970. The van der Waals surface area contributed by atoms with E-state index in [0.29, 0.717) is 5.75 Å². The van der Waals surface area contributed by atoms with Gasteiger partial charge in [0.05, 0.1) is 4.90 Å². The number of hydrogen-bond acceptors (Lipinski definition) is 4. The summed E-state index contributed by atoms with van der Waals surface area (Å²) in [6.45, 7) is 5.43. The Balaban J connectivity index is 1.63. The van der Waals surface area contributed by atoms with Gasteiger partial charge in [-0.05, 0) is 80.5 Å². The highest BCUT2D eigenvalue weighted by molar-refractivity contribution is 7.89. The molecule has 1 aliphatic carbocycles. The van der Waals surface area contributed by atoms with Gasteiger partial charge in [0.1, 0.15) is 5.75 Å². The monoisotopic (exact) mass is 388 g/mol. The van der Waals surface area contributed by atoms with Crippen molar-refractivity contribution in [3.05, 3.63) is 58.7 Å². The maximum atomic E-state index is 12.4. The Morgan fingerprint density at radius 2 is 1.85 bits per heavy atom. The first-order chi connectivity index (χ1) is 12.8. The van der Waals surface area contributed by atoms with Crippen LogP contribution in [-0.2, 0) is 27.7 Å². The summed E-state index contributed by atoms with van der Waals surface area (Å²) in [6.07, 6.45) is 2.04. The number of carbonyl (C=O) groups is 1. The highest BCUT2D eigenvalue weighted by Crippen LogP contribution is 2.24. The minimum atomic E-state index is -3.84. The lowest BCUT2D eigenvalue weighted by atomic mass is 10.1. The Hall–Kier alpha value is -2.38. The summed E-state index contributed by atoms with van der Waals surface area (Å²) in [6, 6.07) is 10.7. The molecule has 6 nitrogen and oxygen atoms in total. The smallest absolute Gasteiger partial charge is 0.275 e. The summed E-state index contributed by atoms with van der Waals surface area (Å²) in [5, 5.41) is 0. The van der Waals surface area contributed by atoms with Crippen LogP contribution in [0, 0.1) is 13.8 Å². The number of nitrogens with one attached hydrogen (secondary N) is 2. The SMILES string of the molecule is Cc1cccc(O[C@@H](C)C(=O)NNS(=O)(=O)c2ccc3c(c2)CCC3)c1C. The molecule has 0 spiro atoms. The van der Waals surface area contributed by atoms with E-state index in [1.165, 1.54) is 5.56 Å². The number of carbonyl (C=O) groups excluding carboxylic acids is 1. The molecular formula is C20H24N2O4S. The highest BCUT2D eigenvalue weighted by Gasteiger charge is 2.21. The van der Waals surface area contributed by atoms with Gasteiger partial charge in [0.15, 0.2) is 6.10 Å². The van der Waals surface area contributed by atoms with Crippen LogP contribution in [0.1, 0.15) is 35.6 Å². The molecule has 144 valence electrons. The Kier molecular flexibility index (Phi) is 5.53. The number of amides is 1. The molecule has 1 atom stereocenters. The second-order valence-corrected chi connectivity index (χ2v) is 8.52. The van der Waals surface area contributed by atoms with Crippen molar-refractivity contribution in [1.29, 1.82) is 0 Å². The van der Waals surface area contributed by atoms with Gasteiger partial charge in [-0.1, -0.05) is 18.2 Å². The van der Waals surface area contributed by atoms with Crippen LogP contribution in [0.25, 0.3) is 0 Å². The van der Waals surface area contributed by atoms with E-state index in [1.54, 1.807) is 25.1 Å². The minimum absolute atomic E-state index is 0.145. The van der Waals surface area contributed by atoms with E-state index in [2.05, 4.69) is 10.3 Å². The normalized spacial score (nSPS) is 14.5. The van der Waals surface area contributed by atoms with Crippen LogP contribution in [0.2, 0.25) is 0 Å². The number of sulfonamides is 1. The van der Waals surface area contributed by atoms with Crippen LogP contribution >= 0.6 is 0 Å². The highest BCUT2D eigenvalue weighted by atomic mass is 32.2. The molecular weight excluding hydrogens is 364 g/mol. The molecule has 0 aliphatic heterocycles. The summed E-state index contributed by atoms with van der Waals surface area (Å²) in [5.41, 5.74) is 6.48. The number of aryl methyl sites for hydroxylation is 3. The number of hydrazine groups is 1. The molecule has 0 aromatic heterocycles. The molecule has 3 rings (SSSR count). The Morgan fingerprint density at radius 1 is 1.11 bits per heavy atom. The number of benzene rings is 2. The molecule has 1 aliphatic rings. The summed E-state index contributed by atoms with van der Waals surface area (Å²) in [4.78, 5) is 14.5. The van der Waals surface area contributed by atoms with Crippen molar-refractivity contribution in [3.8, 4) is 5.75 Å². The van der Waals surface area contributed by atoms with E-state index in [1.807, 2.05) is 32.0 Å². The quantitative estimate of drug-likeness (QED) is 0.745. The van der Waals surface area contributed by atoms with Gasteiger partial charge in [-0.2, -0.15) is 0 Å². The van der Waals surface area contributed by atoms with Crippen molar-refractivity contribution >= 4 is 15.9 Å². The van der Waals surface area contributed by atoms with Crippen LogP contribution in [0.15, 0.2) is 41.3 Å². The molecule has 2 N–H and O–H groups in total. The second kappa shape index (κ2) is 7.70. The third kappa shape index (κ3) is 4.31. The molecule has 0 heterocycles. The van der Waals surface area contributed by atoms with Crippen molar-refractivity contribution in [2.45, 2.75) is 51.0 Å². The molecule has 7 heteroatoms. The third-order valence-electron chi connectivity index (χ3n) is 4.92. The first-order valence-corrected chi connectivity index (χ1v) is 10.4. The summed E-state index contributed by atoms with van der Waals surface area (Å²) in [5.74, 6) is 0.0276. The largest absolute Gasteiger partial charge is 0.481 e. The standard InChI is InChI=1S/C20H24N2O4S/c1-13-6-4-9-19(14(13)2)26-15(3)20(23)21-22-27(24,25)18-11-10-16-7-5-8-17(16)12-18/h4,6,9-12,15,22H,5,7-8H2,1-3H3,(H,21,23)/t15-/m0/s1. The van der Waals surface area contributed by atoms with Crippen molar-refractivity contribution in [2.75, 3.05) is 0 Å². The predicted molar refractivity (Wildman–Crippen MR) is 103 cm³/mol. The lowest BCUT2D eigenvalue weighted by Gasteiger charge is -2.17. The van der Waals surface area contributed by atoms with Gasteiger partial charge in [-0.3, -0.25) is 10.2 Å². The van der Waals surface area contributed by atoms with Crippen LogP contribution in [0.4, 0.5) is 0 Å². The van der Waals surface area contributed by atoms with Gasteiger partial charge in [0, 0.05) is 0 Å². The van der Waals surface area contributed by atoms with Crippen molar-refractivity contribution in [3.63, 3.8) is 0 Å². The fourth-order valence-electron chi connectivity index (χ4n) is 3.09. The average Bonchev–Trinajstić information content (AvgIpc) is 3.11. The number of ether oxygens (including phenoxy) is 1. The van der Waals surface area contributed by atoms with E-state index >= 15 is 0 Å². The predicted octanol–water partition coefficient (Wildman–Crippen LogP) is 2.57. The zero-order chi connectivity index (χ0) is 19.6. The molecule has 27 heavy (non-hydrogen) atoms. The van der Waals surface area contributed by atoms with Crippen LogP contribution in [0.3, 0.4) is 0 Å². The molecule has 1 amide bonds. The van der Waals surface area contributed by atoms with E-state index in [9.17, 15) is 13.2 Å². The first-order valence-electron chi connectivity index (χ1n) is 8.94. The van der Waals surface area contributed by atoms with Gasteiger partial charge < -0.3 is 4.74 Å². The molecule has 0 saturated heterocycles. The lowest BCUT2D eigenvalue weighted by molar-refractivity contribution is -0.127. The van der Waals surface area contributed by atoms with Gasteiger partial charge in [0.25, 0.3) is 15.9 Å². The maximum absolute atomic E-state index is 12.4. The van der Waals surface area contributed by atoms with Gasteiger partial charge >= 0.3 is 0 Å². The van der Waals surface area contributed by atoms with Gasteiger partial charge in [-0.25, -0.2) is 8.42 Å². The first kappa shape index (κ1) is 19.4. The number of rotatable bonds is 6. The Morgan fingerprint density at radius 3 is 2.63 bits per heavy atom.